The number of fused-ring (bicyclic) bond motifs is 1. The van der Waals surface area contributed by atoms with Gasteiger partial charge in [0.2, 0.25) is 0 Å². The Morgan fingerprint density at radius 1 is 1.39 bits per heavy atom. The zero-order chi connectivity index (χ0) is 12.4. The van der Waals surface area contributed by atoms with Gasteiger partial charge in [0.05, 0.1) is 6.33 Å². The molecule has 1 aromatic carbocycles. The third-order valence-electron chi connectivity index (χ3n) is 2.98. The van der Waals surface area contributed by atoms with E-state index in [1.165, 1.54) is 0 Å². The smallest absolute Gasteiger partial charge is 0.134 e. The zero-order valence-corrected chi connectivity index (χ0v) is 10.2. The number of allylic oxidation sites excluding steroid dienone is 2. The van der Waals surface area contributed by atoms with Gasteiger partial charge in [-0.1, -0.05) is 24.3 Å². The number of rotatable bonds is 3. The molecule has 0 unspecified atom stereocenters. The highest BCUT2D eigenvalue weighted by Gasteiger charge is 2.04. The first kappa shape index (κ1) is 10.8. The Bertz CT molecular complexity index is 644. The normalized spacial score (nSPS) is 12.2. The lowest BCUT2D eigenvalue weighted by atomic mass is 10.2. The third kappa shape index (κ3) is 2.07. The number of hydrogen-bond donors (Lipinski definition) is 0. The first-order chi connectivity index (χ1) is 8.83. The second-order valence-corrected chi connectivity index (χ2v) is 4.30. The van der Waals surface area contributed by atoms with Crippen LogP contribution in [0.4, 0.5) is 0 Å². The SMILES string of the molecule is C/C(=C\Cn1ccnc1)c1cc2ccccc2o1. The lowest BCUT2D eigenvalue weighted by Crippen LogP contribution is -1.90. The molecule has 0 spiro atoms. The minimum Gasteiger partial charge on any atom is -0.456 e. The minimum atomic E-state index is 0.808. The first-order valence-electron chi connectivity index (χ1n) is 5.94. The number of aromatic nitrogens is 2. The lowest BCUT2D eigenvalue weighted by Gasteiger charge is -1.98. The van der Waals surface area contributed by atoms with Gasteiger partial charge in [-0.2, -0.15) is 0 Å². The summed E-state index contributed by atoms with van der Waals surface area (Å²) in [6, 6.07) is 10.1. The van der Waals surface area contributed by atoms with Gasteiger partial charge in [-0.3, -0.25) is 0 Å². The monoisotopic (exact) mass is 238 g/mol. The van der Waals surface area contributed by atoms with Crippen LogP contribution >= 0.6 is 0 Å². The summed E-state index contributed by atoms with van der Waals surface area (Å²) in [4.78, 5) is 4.02. The molecule has 0 saturated heterocycles. The molecule has 0 aliphatic carbocycles. The summed E-state index contributed by atoms with van der Waals surface area (Å²) in [7, 11) is 0. The van der Waals surface area contributed by atoms with Gasteiger partial charge in [0.1, 0.15) is 11.3 Å². The lowest BCUT2D eigenvalue weighted by molar-refractivity contribution is 0.598. The number of hydrogen-bond acceptors (Lipinski definition) is 2. The van der Waals surface area contributed by atoms with Gasteiger partial charge in [0.15, 0.2) is 0 Å². The van der Waals surface area contributed by atoms with Crippen LogP contribution in [0.3, 0.4) is 0 Å². The molecule has 3 nitrogen and oxygen atoms in total. The van der Waals surface area contributed by atoms with E-state index in [4.69, 9.17) is 4.42 Å². The van der Waals surface area contributed by atoms with E-state index < -0.39 is 0 Å². The summed E-state index contributed by atoms with van der Waals surface area (Å²) < 4.78 is 7.83. The van der Waals surface area contributed by atoms with Crippen molar-refractivity contribution < 1.29 is 4.42 Å². The molecule has 0 saturated carbocycles. The van der Waals surface area contributed by atoms with Gasteiger partial charge < -0.3 is 8.98 Å². The Labute approximate surface area is 105 Å². The van der Waals surface area contributed by atoms with E-state index in [1.807, 2.05) is 35.3 Å². The number of nitrogens with zero attached hydrogens (tertiary/aromatic N) is 2. The average molecular weight is 238 g/mol. The van der Waals surface area contributed by atoms with Crippen molar-refractivity contribution in [3.8, 4) is 0 Å². The number of imidazole rings is 1. The van der Waals surface area contributed by atoms with Crippen LogP contribution in [0.1, 0.15) is 12.7 Å². The second-order valence-electron chi connectivity index (χ2n) is 4.30. The van der Waals surface area contributed by atoms with Crippen molar-refractivity contribution in [3.05, 3.63) is 60.9 Å². The summed E-state index contributed by atoms with van der Waals surface area (Å²) in [6.07, 6.45) is 7.68. The fourth-order valence-corrected chi connectivity index (χ4v) is 1.91. The summed E-state index contributed by atoms with van der Waals surface area (Å²) >= 11 is 0. The van der Waals surface area contributed by atoms with Crippen molar-refractivity contribution in [2.24, 2.45) is 0 Å². The summed E-state index contributed by atoms with van der Waals surface area (Å²) in [5.41, 5.74) is 2.07. The van der Waals surface area contributed by atoms with Gasteiger partial charge in [-0.15, -0.1) is 0 Å². The van der Waals surface area contributed by atoms with Crippen molar-refractivity contribution in [1.82, 2.24) is 9.55 Å². The maximum atomic E-state index is 5.81. The third-order valence-corrected chi connectivity index (χ3v) is 2.98. The van der Waals surface area contributed by atoms with E-state index in [1.54, 1.807) is 6.20 Å². The molecule has 0 fully saturated rings. The molecule has 0 aliphatic rings. The van der Waals surface area contributed by atoms with Crippen molar-refractivity contribution >= 4 is 16.5 Å². The number of benzene rings is 1. The molecule has 2 heterocycles. The van der Waals surface area contributed by atoms with E-state index in [-0.39, 0.29) is 0 Å². The fourth-order valence-electron chi connectivity index (χ4n) is 1.91. The zero-order valence-electron chi connectivity index (χ0n) is 10.2. The predicted octanol–water partition coefficient (Wildman–Crippen LogP) is 3.73. The van der Waals surface area contributed by atoms with E-state index >= 15 is 0 Å². The molecule has 0 aliphatic heterocycles. The van der Waals surface area contributed by atoms with E-state index in [2.05, 4.69) is 30.1 Å². The Balaban J connectivity index is 1.87. The van der Waals surface area contributed by atoms with Crippen molar-refractivity contribution in [3.63, 3.8) is 0 Å². The van der Waals surface area contributed by atoms with Crippen molar-refractivity contribution in [1.29, 1.82) is 0 Å². The second kappa shape index (κ2) is 4.53. The van der Waals surface area contributed by atoms with Gasteiger partial charge in [0.25, 0.3) is 0 Å². The maximum absolute atomic E-state index is 5.81. The Hall–Kier alpha value is -2.29. The molecule has 0 amide bonds. The molecule has 18 heavy (non-hydrogen) atoms. The molecule has 3 aromatic rings. The Morgan fingerprint density at radius 2 is 2.28 bits per heavy atom. The highest BCUT2D eigenvalue weighted by molar-refractivity contribution is 5.81. The summed E-state index contributed by atoms with van der Waals surface area (Å²) in [6.45, 7) is 2.87. The molecular weight excluding hydrogens is 224 g/mol. The molecular formula is C15H14N2O. The largest absolute Gasteiger partial charge is 0.456 e. The molecule has 0 atom stereocenters. The quantitative estimate of drug-likeness (QED) is 0.696. The van der Waals surface area contributed by atoms with Crippen molar-refractivity contribution in [2.45, 2.75) is 13.5 Å². The van der Waals surface area contributed by atoms with E-state index in [0.717, 1.165) is 28.8 Å². The van der Waals surface area contributed by atoms with Crippen LogP contribution in [0.25, 0.3) is 16.5 Å². The van der Waals surface area contributed by atoms with Crippen LogP contribution in [-0.4, -0.2) is 9.55 Å². The summed E-state index contributed by atoms with van der Waals surface area (Å²) in [5, 5.41) is 1.14. The molecule has 0 radical (unpaired) electrons. The minimum absolute atomic E-state index is 0.808. The van der Waals surface area contributed by atoms with Gasteiger partial charge in [-0.25, -0.2) is 4.98 Å². The molecule has 3 rings (SSSR count). The van der Waals surface area contributed by atoms with Crippen LogP contribution in [0.5, 0.6) is 0 Å². The highest BCUT2D eigenvalue weighted by atomic mass is 16.3. The van der Waals surface area contributed by atoms with E-state index in [0.29, 0.717) is 0 Å². The van der Waals surface area contributed by atoms with Crippen LogP contribution < -0.4 is 0 Å². The van der Waals surface area contributed by atoms with Crippen LogP contribution in [0.15, 0.2) is 59.5 Å². The Morgan fingerprint density at radius 3 is 3.06 bits per heavy atom. The predicted molar refractivity (Wildman–Crippen MR) is 72.1 cm³/mol. The van der Waals surface area contributed by atoms with Crippen LogP contribution in [-0.2, 0) is 6.54 Å². The highest BCUT2D eigenvalue weighted by Crippen LogP contribution is 2.24. The van der Waals surface area contributed by atoms with Gasteiger partial charge >= 0.3 is 0 Å². The number of furan rings is 1. The first-order valence-corrected chi connectivity index (χ1v) is 5.94. The summed E-state index contributed by atoms with van der Waals surface area (Å²) in [5.74, 6) is 0.927. The number of para-hydroxylation sites is 1. The average Bonchev–Trinajstić information content (AvgIpc) is 3.04. The van der Waals surface area contributed by atoms with Crippen LogP contribution in [0.2, 0.25) is 0 Å². The Kier molecular flexibility index (Phi) is 2.73. The van der Waals surface area contributed by atoms with Gasteiger partial charge in [-0.05, 0) is 24.6 Å². The fraction of sp³-hybridized carbons (Fsp3) is 0.133. The standard InChI is InChI=1S/C15H14N2O/c1-12(6-8-17-9-7-16-11-17)15-10-13-4-2-3-5-14(13)18-15/h2-7,9-11H,8H2,1H3/b12-6+. The van der Waals surface area contributed by atoms with Gasteiger partial charge in [0, 0.05) is 24.3 Å². The van der Waals surface area contributed by atoms with Crippen LogP contribution in [0, 0.1) is 0 Å². The molecule has 2 aromatic heterocycles. The molecule has 90 valence electrons. The molecule has 0 bridgehead atoms. The van der Waals surface area contributed by atoms with E-state index in [9.17, 15) is 0 Å². The topological polar surface area (TPSA) is 31.0 Å². The maximum Gasteiger partial charge on any atom is 0.134 e. The van der Waals surface area contributed by atoms with Crippen molar-refractivity contribution in [2.75, 3.05) is 0 Å². The molecule has 3 heteroatoms. The molecule has 0 N–H and O–H groups in total.